The van der Waals surface area contributed by atoms with E-state index in [0.29, 0.717) is 25.2 Å². The third kappa shape index (κ3) is 5.70. The van der Waals surface area contributed by atoms with Gasteiger partial charge in [0.25, 0.3) is 0 Å². The number of carboxylic acids is 1. The summed E-state index contributed by atoms with van der Waals surface area (Å²) in [6.45, 7) is 2.49. The smallest absolute Gasteiger partial charge is 0.311 e. The lowest BCUT2D eigenvalue weighted by molar-refractivity contribution is -0.138. The van der Waals surface area contributed by atoms with Crippen molar-refractivity contribution in [3.8, 4) is 11.5 Å². The number of ether oxygens (including phenoxy) is 3. The van der Waals surface area contributed by atoms with Crippen LogP contribution in [0.3, 0.4) is 0 Å². The molecule has 4 rings (SSSR count). The van der Waals surface area contributed by atoms with E-state index in [-0.39, 0.29) is 6.23 Å². The van der Waals surface area contributed by atoms with Crippen LogP contribution < -0.4 is 14.8 Å². The van der Waals surface area contributed by atoms with E-state index in [1.807, 2.05) is 61.5 Å². The molecular formula is C28H29NO5. The Balaban J connectivity index is 1.29. The fraction of sp³-hybridized carbons (Fsp3) is 0.250. The van der Waals surface area contributed by atoms with Gasteiger partial charge < -0.3 is 24.6 Å². The number of hydrogen-bond acceptors (Lipinski definition) is 5. The topological polar surface area (TPSA) is 77.0 Å². The Bertz CT molecular complexity index is 1120. The molecule has 176 valence electrons. The summed E-state index contributed by atoms with van der Waals surface area (Å²) in [6.07, 6.45) is 0.889. The zero-order chi connectivity index (χ0) is 23.9. The van der Waals surface area contributed by atoms with Gasteiger partial charge in [0.05, 0.1) is 19.6 Å². The quantitative estimate of drug-likeness (QED) is 0.421. The highest BCUT2D eigenvalue weighted by atomic mass is 16.5. The first-order chi connectivity index (χ1) is 16.5. The lowest BCUT2D eigenvalue weighted by Crippen LogP contribution is -2.14. The van der Waals surface area contributed by atoms with Crippen molar-refractivity contribution < 1.29 is 24.1 Å². The SMILES string of the molecule is COc1ccc(C(Cc2ccc(OCCC3=C(C)NC(c4ccccc4)O3)cc2)C(=O)O)cc1. The summed E-state index contributed by atoms with van der Waals surface area (Å²) in [4.78, 5) is 11.9. The molecule has 0 bridgehead atoms. The van der Waals surface area contributed by atoms with Gasteiger partial charge in [-0.3, -0.25) is 4.79 Å². The first kappa shape index (κ1) is 23.2. The molecule has 3 aromatic rings. The molecule has 6 heteroatoms. The van der Waals surface area contributed by atoms with Crippen molar-refractivity contribution in [3.05, 3.63) is 107 Å². The average Bonchev–Trinajstić information content (AvgIpc) is 3.24. The van der Waals surface area contributed by atoms with Crippen LogP contribution in [0.15, 0.2) is 90.3 Å². The lowest BCUT2D eigenvalue weighted by atomic mass is 9.92. The van der Waals surface area contributed by atoms with Crippen LogP contribution in [0.4, 0.5) is 0 Å². The van der Waals surface area contributed by atoms with Gasteiger partial charge in [0, 0.05) is 17.7 Å². The number of benzene rings is 3. The molecule has 1 aliphatic heterocycles. The summed E-state index contributed by atoms with van der Waals surface area (Å²) in [5, 5.41) is 13.1. The van der Waals surface area contributed by atoms with Crippen LogP contribution in [0, 0.1) is 0 Å². The van der Waals surface area contributed by atoms with E-state index in [9.17, 15) is 9.90 Å². The Morgan fingerprint density at radius 3 is 2.32 bits per heavy atom. The van der Waals surface area contributed by atoms with Crippen LogP contribution in [0.1, 0.15) is 42.2 Å². The second kappa shape index (κ2) is 10.8. The summed E-state index contributed by atoms with van der Waals surface area (Å²) in [6, 6.07) is 24.8. The van der Waals surface area contributed by atoms with Gasteiger partial charge in [0.1, 0.15) is 17.3 Å². The van der Waals surface area contributed by atoms with E-state index < -0.39 is 11.9 Å². The number of carboxylic acid groups (broad SMARTS) is 1. The molecule has 0 spiro atoms. The van der Waals surface area contributed by atoms with Crippen molar-refractivity contribution in [3.63, 3.8) is 0 Å². The molecule has 1 heterocycles. The standard InChI is InChI=1S/C28H29NO5/c1-19-26(34-27(29-19)22-6-4-3-5-7-22)16-17-33-24-12-8-20(9-13-24)18-25(28(30)31)21-10-14-23(32-2)15-11-21/h3-15,25,27,29H,16-18H2,1-2H3,(H,30,31). The average molecular weight is 460 g/mol. The minimum atomic E-state index is -0.854. The molecule has 0 aliphatic carbocycles. The Kier molecular flexibility index (Phi) is 7.38. The lowest BCUT2D eigenvalue weighted by Gasteiger charge is -2.14. The largest absolute Gasteiger partial charge is 0.497 e. The van der Waals surface area contributed by atoms with Crippen LogP contribution in [-0.2, 0) is 16.0 Å². The number of aliphatic carboxylic acids is 1. The van der Waals surface area contributed by atoms with Crippen LogP contribution in [0.5, 0.6) is 11.5 Å². The number of hydrogen-bond donors (Lipinski definition) is 2. The van der Waals surface area contributed by atoms with Crippen molar-refractivity contribution in [2.45, 2.75) is 31.9 Å². The van der Waals surface area contributed by atoms with E-state index in [1.165, 1.54) is 0 Å². The summed E-state index contributed by atoms with van der Waals surface area (Å²) in [5.41, 5.74) is 3.79. The molecule has 2 N–H and O–H groups in total. The van der Waals surface area contributed by atoms with E-state index in [0.717, 1.165) is 33.9 Å². The fourth-order valence-electron chi connectivity index (χ4n) is 3.97. The highest BCUT2D eigenvalue weighted by molar-refractivity contribution is 5.76. The van der Waals surface area contributed by atoms with Gasteiger partial charge in [0.2, 0.25) is 0 Å². The minimum absolute atomic E-state index is 0.164. The number of rotatable bonds is 10. The van der Waals surface area contributed by atoms with Gasteiger partial charge in [-0.15, -0.1) is 0 Å². The molecule has 0 radical (unpaired) electrons. The fourth-order valence-corrected chi connectivity index (χ4v) is 3.97. The summed E-state index contributed by atoms with van der Waals surface area (Å²) in [7, 11) is 1.59. The minimum Gasteiger partial charge on any atom is -0.497 e. The van der Waals surface area contributed by atoms with Crippen molar-refractivity contribution >= 4 is 5.97 Å². The molecule has 0 amide bonds. The van der Waals surface area contributed by atoms with Crippen LogP contribution in [0.25, 0.3) is 0 Å². The van der Waals surface area contributed by atoms with E-state index in [1.54, 1.807) is 31.4 Å². The molecule has 0 fully saturated rings. The number of methoxy groups -OCH3 is 1. The van der Waals surface area contributed by atoms with Crippen molar-refractivity contribution in [1.29, 1.82) is 0 Å². The highest BCUT2D eigenvalue weighted by Crippen LogP contribution is 2.29. The zero-order valence-electron chi connectivity index (χ0n) is 19.4. The normalized spacial score (nSPS) is 15.9. The zero-order valence-corrected chi connectivity index (χ0v) is 19.4. The Morgan fingerprint density at radius 2 is 1.68 bits per heavy atom. The summed E-state index contributed by atoms with van der Waals surface area (Å²) < 4.78 is 17.1. The number of allylic oxidation sites excluding steroid dienone is 1. The van der Waals surface area contributed by atoms with Gasteiger partial charge in [-0.25, -0.2) is 0 Å². The maximum Gasteiger partial charge on any atom is 0.311 e. The first-order valence-electron chi connectivity index (χ1n) is 11.3. The number of carbonyl (C=O) groups is 1. The van der Waals surface area contributed by atoms with Gasteiger partial charge in [-0.2, -0.15) is 0 Å². The van der Waals surface area contributed by atoms with E-state index >= 15 is 0 Å². The number of nitrogens with one attached hydrogen (secondary N) is 1. The van der Waals surface area contributed by atoms with Crippen LogP contribution >= 0.6 is 0 Å². The van der Waals surface area contributed by atoms with Crippen molar-refractivity contribution in [2.24, 2.45) is 0 Å². The molecular weight excluding hydrogens is 430 g/mol. The van der Waals surface area contributed by atoms with E-state index in [4.69, 9.17) is 14.2 Å². The first-order valence-corrected chi connectivity index (χ1v) is 11.3. The Labute approximate surface area is 199 Å². The summed E-state index contributed by atoms with van der Waals surface area (Å²) >= 11 is 0. The molecule has 34 heavy (non-hydrogen) atoms. The van der Waals surface area contributed by atoms with Gasteiger partial charge in [-0.1, -0.05) is 54.6 Å². The van der Waals surface area contributed by atoms with Crippen LogP contribution in [-0.4, -0.2) is 24.8 Å². The van der Waals surface area contributed by atoms with Crippen molar-refractivity contribution in [1.82, 2.24) is 5.32 Å². The van der Waals surface area contributed by atoms with Crippen molar-refractivity contribution in [2.75, 3.05) is 13.7 Å². The maximum absolute atomic E-state index is 11.9. The monoisotopic (exact) mass is 459 g/mol. The third-order valence-corrected chi connectivity index (χ3v) is 5.91. The second-order valence-electron chi connectivity index (χ2n) is 8.21. The third-order valence-electron chi connectivity index (χ3n) is 5.91. The predicted molar refractivity (Wildman–Crippen MR) is 130 cm³/mol. The molecule has 0 aromatic heterocycles. The molecule has 3 aromatic carbocycles. The van der Waals surface area contributed by atoms with Gasteiger partial charge in [0.15, 0.2) is 6.23 Å². The molecule has 6 nitrogen and oxygen atoms in total. The van der Waals surface area contributed by atoms with Gasteiger partial charge in [-0.05, 0) is 48.7 Å². The van der Waals surface area contributed by atoms with Gasteiger partial charge >= 0.3 is 5.97 Å². The maximum atomic E-state index is 11.9. The Morgan fingerprint density at radius 1 is 1.00 bits per heavy atom. The predicted octanol–water partition coefficient (Wildman–Crippen LogP) is 5.43. The summed E-state index contributed by atoms with van der Waals surface area (Å²) in [5.74, 6) is 0.859. The highest BCUT2D eigenvalue weighted by Gasteiger charge is 2.23. The Hall–Kier alpha value is -3.93. The molecule has 2 atom stereocenters. The van der Waals surface area contributed by atoms with E-state index in [2.05, 4.69) is 5.32 Å². The van der Waals surface area contributed by atoms with Crippen LogP contribution in [0.2, 0.25) is 0 Å². The molecule has 1 aliphatic rings. The molecule has 0 saturated heterocycles. The molecule has 2 unspecified atom stereocenters. The molecule has 0 saturated carbocycles. The second-order valence-corrected chi connectivity index (χ2v) is 8.21.